The van der Waals surface area contributed by atoms with Crippen molar-refractivity contribution in [3.8, 4) is 34.5 Å². The predicted octanol–water partition coefficient (Wildman–Crippen LogP) is 8.11. The van der Waals surface area contributed by atoms with Crippen molar-refractivity contribution in [2.75, 3.05) is 0 Å². The third-order valence-electron chi connectivity index (χ3n) is 5.46. The van der Waals surface area contributed by atoms with Crippen molar-refractivity contribution in [1.82, 2.24) is 0 Å². The van der Waals surface area contributed by atoms with Gasteiger partial charge in [0.05, 0.1) is 5.02 Å². The van der Waals surface area contributed by atoms with E-state index in [-0.39, 0.29) is 11.5 Å². The van der Waals surface area contributed by atoms with Crippen molar-refractivity contribution in [1.29, 1.82) is 0 Å². The average molecular weight is 453 g/mol. The number of halogens is 2. The Morgan fingerprint density at radius 2 is 0.900 bits per heavy atom. The minimum atomic E-state index is -0.148. The van der Waals surface area contributed by atoms with Crippen LogP contribution in [0.5, 0.6) is 34.5 Å². The fraction of sp³-hybridized carbons (Fsp3) is 0.500. The van der Waals surface area contributed by atoms with Gasteiger partial charge in [0.25, 0.3) is 0 Å². The van der Waals surface area contributed by atoms with Crippen molar-refractivity contribution in [3.05, 3.63) is 32.3 Å². The van der Waals surface area contributed by atoms with Gasteiger partial charge in [0, 0.05) is 16.7 Å². The number of aromatic hydroxyl groups is 2. The predicted molar refractivity (Wildman–Crippen MR) is 122 cm³/mol. The number of fused-ring (bicyclic) bond motifs is 2. The summed E-state index contributed by atoms with van der Waals surface area (Å²) in [7, 11) is 0. The normalized spacial score (nSPS) is 12.2. The van der Waals surface area contributed by atoms with Crippen LogP contribution in [0.4, 0.5) is 0 Å². The van der Waals surface area contributed by atoms with Crippen LogP contribution in [-0.4, -0.2) is 10.2 Å². The minimum Gasteiger partial charge on any atom is -0.504 e. The second-order valence-electron chi connectivity index (χ2n) is 7.76. The van der Waals surface area contributed by atoms with Gasteiger partial charge in [-0.05, 0) is 31.2 Å². The highest BCUT2D eigenvalue weighted by Gasteiger charge is 2.34. The smallest absolute Gasteiger partial charge is 0.190 e. The van der Waals surface area contributed by atoms with Crippen LogP contribution in [0.3, 0.4) is 0 Å². The number of hydrogen-bond acceptors (Lipinski definition) is 4. The van der Waals surface area contributed by atoms with E-state index in [0.29, 0.717) is 57.0 Å². The molecule has 1 aliphatic heterocycles. The highest BCUT2D eigenvalue weighted by molar-refractivity contribution is 6.43. The van der Waals surface area contributed by atoms with Gasteiger partial charge in [0.2, 0.25) is 0 Å². The molecule has 0 fully saturated rings. The summed E-state index contributed by atoms with van der Waals surface area (Å²) in [5.74, 6) is 1.59. The van der Waals surface area contributed by atoms with Gasteiger partial charge in [0.15, 0.2) is 34.5 Å². The van der Waals surface area contributed by atoms with Crippen LogP contribution in [0.25, 0.3) is 0 Å². The second kappa shape index (κ2) is 9.57. The van der Waals surface area contributed by atoms with Gasteiger partial charge in [-0.25, -0.2) is 0 Å². The summed E-state index contributed by atoms with van der Waals surface area (Å²) in [6.45, 7) is 8.22. The van der Waals surface area contributed by atoms with Crippen molar-refractivity contribution in [2.24, 2.45) is 0 Å². The Hall–Kier alpha value is -1.78. The van der Waals surface area contributed by atoms with Crippen LogP contribution in [0.1, 0.15) is 75.6 Å². The summed E-state index contributed by atoms with van der Waals surface area (Å²) in [5.41, 5.74) is 3.07. The molecule has 30 heavy (non-hydrogen) atoms. The molecule has 6 heteroatoms. The monoisotopic (exact) mass is 452 g/mol. The van der Waals surface area contributed by atoms with E-state index in [0.717, 1.165) is 49.7 Å². The van der Waals surface area contributed by atoms with E-state index in [9.17, 15) is 10.2 Å². The fourth-order valence-corrected chi connectivity index (χ4v) is 4.65. The van der Waals surface area contributed by atoms with Crippen molar-refractivity contribution >= 4 is 23.2 Å². The molecule has 2 aromatic carbocycles. The maximum Gasteiger partial charge on any atom is 0.190 e. The summed E-state index contributed by atoms with van der Waals surface area (Å²) in [4.78, 5) is 0. The third kappa shape index (κ3) is 3.80. The number of ether oxygens (including phenoxy) is 2. The zero-order chi connectivity index (χ0) is 22.0. The van der Waals surface area contributed by atoms with Gasteiger partial charge in [-0.3, -0.25) is 0 Å². The zero-order valence-corrected chi connectivity index (χ0v) is 19.6. The summed E-state index contributed by atoms with van der Waals surface area (Å²) < 4.78 is 12.8. The maximum absolute atomic E-state index is 10.7. The lowest BCUT2D eigenvalue weighted by Crippen LogP contribution is -2.10. The largest absolute Gasteiger partial charge is 0.504 e. The molecular formula is C24H30Cl2O4. The highest BCUT2D eigenvalue weighted by Crippen LogP contribution is 2.59. The molecule has 2 aromatic rings. The maximum atomic E-state index is 10.7. The summed E-state index contributed by atoms with van der Waals surface area (Å²) >= 11 is 13.3. The fourth-order valence-electron chi connectivity index (χ4n) is 4.12. The van der Waals surface area contributed by atoms with Crippen LogP contribution in [0.15, 0.2) is 0 Å². The SMILES string of the molecule is CCCc1c(Cl)c(Cl)c2c(c1CCC)Oc1c(CCC)c(O)c(O)c(CCC)c1O2. The van der Waals surface area contributed by atoms with Gasteiger partial charge in [-0.1, -0.05) is 76.6 Å². The van der Waals surface area contributed by atoms with E-state index >= 15 is 0 Å². The van der Waals surface area contributed by atoms with E-state index in [1.807, 2.05) is 13.8 Å². The van der Waals surface area contributed by atoms with Gasteiger partial charge in [0.1, 0.15) is 5.02 Å². The van der Waals surface area contributed by atoms with Crippen LogP contribution in [0.2, 0.25) is 10.0 Å². The molecule has 0 amide bonds. The lowest BCUT2D eigenvalue weighted by molar-refractivity contribution is 0.332. The van der Waals surface area contributed by atoms with E-state index in [2.05, 4.69) is 13.8 Å². The highest BCUT2D eigenvalue weighted by atomic mass is 35.5. The Kier molecular flexibility index (Phi) is 7.30. The molecule has 0 radical (unpaired) electrons. The first-order valence-corrected chi connectivity index (χ1v) is 11.6. The third-order valence-corrected chi connectivity index (χ3v) is 6.33. The van der Waals surface area contributed by atoms with Crippen molar-refractivity contribution in [2.45, 2.75) is 79.1 Å². The molecule has 0 saturated carbocycles. The number of phenolic OH excluding ortho intramolecular Hbond substituents is 2. The zero-order valence-electron chi connectivity index (χ0n) is 18.1. The number of rotatable bonds is 8. The van der Waals surface area contributed by atoms with E-state index < -0.39 is 0 Å². The lowest BCUT2D eigenvalue weighted by Gasteiger charge is -2.30. The number of phenols is 2. The summed E-state index contributed by atoms with van der Waals surface area (Å²) in [6.07, 6.45) is 6.07. The first-order valence-electron chi connectivity index (χ1n) is 10.9. The Balaban J connectivity index is 2.31. The first-order chi connectivity index (χ1) is 14.4. The summed E-state index contributed by atoms with van der Waals surface area (Å²) in [5, 5.41) is 22.2. The topological polar surface area (TPSA) is 58.9 Å². The molecule has 0 unspecified atom stereocenters. The minimum absolute atomic E-state index is 0.128. The van der Waals surface area contributed by atoms with Crippen LogP contribution >= 0.6 is 23.2 Å². The van der Waals surface area contributed by atoms with Crippen LogP contribution in [0, 0.1) is 0 Å². The van der Waals surface area contributed by atoms with Crippen LogP contribution in [-0.2, 0) is 25.7 Å². The van der Waals surface area contributed by atoms with Gasteiger partial charge >= 0.3 is 0 Å². The Bertz CT molecular complexity index is 954. The number of benzene rings is 2. The molecule has 0 aliphatic carbocycles. The molecule has 2 N–H and O–H groups in total. The van der Waals surface area contributed by atoms with E-state index in [4.69, 9.17) is 32.7 Å². The van der Waals surface area contributed by atoms with Crippen molar-refractivity contribution in [3.63, 3.8) is 0 Å². The molecule has 164 valence electrons. The Labute approximate surface area is 188 Å². The molecule has 0 saturated heterocycles. The number of hydrogen-bond donors (Lipinski definition) is 2. The average Bonchev–Trinajstić information content (AvgIpc) is 2.74. The molecule has 0 aromatic heterocycles. The van der Waals surface area contributed by atoms with Gasteiger partial charge in [-0.15, -0.1) is 0 Å². The molecule has 4 nitrogen and oxygen atoms in total. The Morgan fingerprint density at radius 1 is 0.533 bits per heavy atom. The second-order valence-corrected chi connectivity index (χ2v) is 8.52. The molecule has 1 heterocycles. The molecule has 0 spiro atoms. The quantitative estimate of drug-likeness (QED) is 0.338. The molecule has 0 atom stereocenters. The molecule has 3 rings (SSSR count). The van der Waals surface area contributed by atoms with Gasteiger partial charge in [-0.2, -0.15) is 0 Å². The summed E-state index contributed by atoms with van der Waals surface area (Å²) in [6, 6.07) is 0. The van der Waals surface area contributed by atoms with E-state index in [1.165, 1.54) is 0 Å². The molecular weight excluding hydrogens is 423 g/mol. The first kappa shape index (κ1) is 22.9. The van der Waals surface area contributed by atoms with Crippen molar-refractivity contribution < 1.29 is 19.7 Å². The Morgan fingerprint density at radius 3 is 1.37 bits per heavy atom. The van der Waals surface area contributed by atoms with E-state index in [1.54, 1.807) is 0 Å². The van der Waals surface area contributed by atoms with Gasteiger partial charge < -0.3 is 19.7 Å². The molecule has 0 bridgehead atoms. The standard InChI is InChI=1S/C24H30Cl2O4/c1-5-9-13-14(10-6-2)21-24(18(26)17(13)25)30-23-16(12-8-4)20(28)19(27)15(11-7-3)22(23)29-21/h27-28H,5-12H2,1-4H3. The lowest BCUT2D eigenvalue weighted by atomic mass is 9.95. The van der Waals surface area contributed by atoms with Crippen LogP contribution < -0.4 is 9.47 Å². The molecule has 1 aliphatic rings.